The molecule has 0 saturated carbocycles. The third-order valence-corrected chi connectivity index (χ3v) is 4.85. The zero-order chi connectivity index (χ0) is 17.3. The number of carbonyl (C=O) groups is 2. The van der Waals surface area contributed by atoms with E-state index >= 15 is 0 Å². The van der Waals surface area contributed by atoms with E-state index in [-0.39, 0.29) is 29.8 Å². The highest BCUT2D eigenvalue weighted by molar-refractivity contribution is 5.79. The molecule has 2 aromatic rings. The van der Waals surface area contributed by atoms with Gasteiger partial charge in [0.15, 0.2) is 0 Å². The number of aryl methyl sites for hydroxylation is 2. The normalized spacial score (nSPS) is 15.8. The van der Waals surface area contributed by atoms with E-state index < -0.39 is 0 Å². The van der Waals surface area contributed by atoms with Crippen molar-refractivity contribution in [3.05, 3.63) is 34.7 Å². The first-order valence-corrected chi connectivity index (χ1v) is 8.20. The fourth-order valence-corrected chi connectivity index (χ4v) is 3.36. The molecule has 2 N–H and O–H groups in total. The van der Waals surface area contributed by atoms with E-state index in [1.165, 1.54) is 0 Å². The number of fused-ring (bicyclic) bond motifs is 1. The first kappa shape index (κ1) is 16.3. The fourth-order valence-electron chi connectivity index (χ4n) is 3.36. The van der Waals surface area contributed by atoms with E-state index in [2.05, 4.69) is 0 Å². The average Bonchev–Trinajstić information content (AvgIpc) is 2.84. The number of hydrogen-bond acceptors (Lipinski definition) is 3. The topological polar surface area (TPSA) is 90.3 Å². The number of piperidine rings is 1. The highest BCUT2D eigenvalue weighted by Crippen LogP contribution is 2.18. The summed E-state index contributed by atoms with van der Waals surface area (Å²) in [5.41, 5.74) is 6.89. The second kappa shape index (κ2) is 6.51. The lowest BCUT2D eigenvalue weighted by molar-refractivity contribution is -0.135. The molecule has 0 bridgehead atoms. The van der Waals surface area contributed by atoms with Crippen LogP contribution in [-0.4, -0.2) is 38.9 Å². The molecule has 2 amide bonds. The van der Waals surface area contributed by atoms with E-state index in [0.29, 0.717) is 32.5 Å². The van der Waals surface area contributed by atoms with Gasteiger partial charge in [0.1, 0.15) is 0 Å². The van der Waals surface area contributed by atoms with E-state index in [1.54, 1.807) is 21.1 Å². The number of imidazole rings is 1. The molecule has 0 atom stereocenters. The molecule has 1 aliphatic rings. The largest absolute Gasteiger partial charge is 0.369 e. The van der Waals surface area contributed by atoms with Gasteiger partial charge in [0.25, 0.3) is 0 Å². The molecule has 1 fully saturated rings. The van der Waals surface area contributed by atoms with Crippen molar-refractivity contribution in [1.82, 2.24) is 14.0 Å². The summed E-state index contributed by atoms with van der Waals surface area (Å²) in [6.07, 6.45) is 1.51. The van der Waals surface area contributed by atoms with Gasteiger partial charge in [-0.1, -0.05) is 12.1 Å². The molecule has 3 rings (SSSR count). The van der Waals surface area contributed by atoms with Crippen molar-refractivity contribution in [2.24, 2.45) is 18.7 Å². The van der Waals surface area contributed by atoms with Crippen molar-refractivity contribution >= 4 is 22.8 Å². The molecular weight excluding hydrogens is 308 g/mol. The van der Waals surface area contributed by atoms with Crippen molar-refractivity contribution in [3.8, 4) is 0 Å². The summed E-state index contributed by atoms with van der Waals surface area (Å²) < 4.78 is 3.24. The number of hydrogen-bond donors (Lipinski definition) is 1. The Balaban J connectivity index is 1.67. The number of carbonyl (C=O) groups excluding carboxylic acids is 2. The first-order valence-electron chi connectivity index (χ1n) is 8.20. The third-order valence-electron chi connectivity index (χ3n) is 4.85. The van der Waals surface area contributed by atoms with Gasteiger partial charge in [0.05, 0.1) is 11.0 Å². The number of rotatable bonds is 4. The molecule has 128 valence electrons. The third kappa shape index (κ3) is 2.93. The van der Waals surface area contributed by atoms with Crippen LogP contribution < -0.4 is 11.4 Å². The molecule has 7 heteroatoms. The number of primary amides is 1. The Morgan fingerprint density at radius 3 is 2.42 bits per heavy atom. The lowest BCUT2D eigenvalue weighted by atomic mass is 9.96. The molecule has 1 aromatic heterocycles. The maximum atomic E-state index is 12.4. The van der Waals surface area contributed by atoms with Crippen LogP contribution in [0.3, 0.4) is 0 Å². The Labute approximate surface area is 139 Å². The first-order chi connectivity index (χ1) is 11.5. The quantitative estimate of drug-likeness (QED) is 0.883. The van der Waals surface area contributed by atoms with Crippen molar-refractivity contribution in [1.29, 1.82) is 0 Å². The van der Waals surface area contributed by atoms with Crippen molar-refractivity contribution in [2.75, 3.05) is 13.1 Å². The molecule has 0 aliphatic carbocycles. The maximum Gasteiger partial charge on any atom is 0.328 e. The fraction of sp³-hybridized carbons (Fsp3) is 0.471. The summed E-state index contributed by atoms with van der Waals surface area (Å²) in [6, 6.07) is 7.55. The number of nitrogens with two attached hydrogens (primary N) is 1. The lowest BCUT2D eigenvalue weighted by Crippen LogP contribution is -2.42. The summed E-state index contributed by atoms with van der Waals surface area (Å²) in [5, 5.41) is 0. The van der Waals surface area contributed by atoms with Gasteiger partial charge in [-0.25, -0.2) is 4.79 Å². The van der Waals surface area contributed by atoms with Gasteiger partial charge in [0, 0.05) is 39.0 Å². The Morgan fingerprint density at radius 1 is 1.17 bits per heavy atom. The van der Waals surface area contributed by atoms with E-state index in [4.69, 9.17) is 5.73 Å². The van der Waals surface area contributed by atoms with E-state index in [0.717, 1.165) is 11.0 Å². The second-order valence-electron chi connectivity index (χ2n) is 6.29. The zero-order valence-electron chi connectivity index (χ0n) is 13.8. The molecule has 1 aliphatic heterocycles. The molecule has 0 radical (unpaired) electrons. The van der Waals surface area contributed by atoms with Crippen LogP contribution in [0.25, 0.3) is 11.0 Å². The van der Waals surface area contributed by atoms with Gasteiger partial charge in [-0.3, -0.25) is 18.7 Å². The van der Waals surface area contributed by atoms with Gasteiger partial charge in [-0.15, -0.1) is 0 Å². The van der Waals surface area contributed by atoms with Crippen LogP contribution in [0.4, 0.5) is 0 Å². The van der Waals surface area contributed by atoms with Crippen LogP contribution in [0.2, 0.25) is 0 Å². The summed E-state index contributed by atoms with van der Waals surface area (Å²) in [5.74, 6) is -0.406. The van der Waals surface area contributed by atoms with Crippen molar-refractivity contribution in [2.45, 2.75) is 25.8 Å². The van der Waals surface area contributed by atoms with Gasteiger partial charge >= 0.3 is 5.69 Å². The average molecular weight is 330 g/mol. The molecule has 2 heterocycles. The van der Waals surface area contributed by atoms with Crippen LogP contribution in [0.5, 0.6) is 0 Å². The van der Waals surface area contributed by atoms with Crippen molar-refractivity contribution < 1.29 is 9.59 Å². The van der Waals surface area contributed by atoms with Gasteiger partial charge in [-0.05, 0) is 25.0 Å². The highest BCUT2D eigenvalue weighted by atomic mass is 16.2. The Bertz CT molecular complexity index is 828. The van der Waals surface area contributed by atoms with Crippen LogP contribution in [0, 0.1) is 5.92 Å². The van der Waals surface area contributed by atoms with Crippen LogP contribution >= 0.6 is 0 Å². The molecule has 7 nitrogen and oxygen atoms in total. The number of nitrogens with zero attached hydrogens (tertiary/aromatic N) is 3. The smallest absolute Gasteiger partial charge is 0.328 e. The lowest BCUT2D eigenvalue weighted by Gasteiger charge is -2.30. The highest BCUT2D eigenvalue weighted by Gasteiger charge is 2.25. The zero-order valence-corrected chi connectivity index (χ0v) is 13.8. The van der Waals surface area contributed by atoms with Crippen LogP contribution in [0.15, 0.2) is 29.1 Å². The van der Waals surface area contributed by atoms with Gasteiger partial charge < -0.3 is 10.6 Å². The summed E-state index contributed by atoms with van der Waals surface area (Å²) in [7, 11) is 1.73. The SMILES string of the molecule is Cn1c(=O)n(CCC(=O)N2CCC(C(N)=O)CC2)c2ccccc21. The Kier molecular flexibility index (Phi) is 4.42. The summed E-state index contributed by atoms with van der Waals surface area (Å²) in [6.45, 7) is 1.46. The summed E-state index contributed by atoms with van der Waals surface area (Å²) in [4.78, 5) is 37.7. The Morgan fingerprint density at radius 2 is 1.79 bits per heavy atom. The van der Waals surface area contributed by atoms with E-state index in [9.17, 15) is 14.4 Å². The van der Waals surface area contributed by atoms with E-state index in [1.807, 2.05) is 24.3 Å². The molecule has 24 heavy (non-hydrogen) atoms. The minimum Gasteiger partial charge on any atom is -0.369 e. The monoisotopic (exact) mass is 330 g/mol. The molecule has 1 saturated heterocycles. The van der Waals surface area contributed by atoms with Gasteiger partial charge in [-0.2, -0.15) is 0 Å². The predicted molar refractivity (Wildman–Crippen MR) is 90.3 cm³/mol. The molecular formula is C17H22N4O3. The van der Waals surface area contributed by atoms with Gasteiger partial charge in [0.2, 0.25) is 11.8 Å². The summed E-state index contributed by atoms with van der Waals surface area (Å²) >= 11 is 0. The second-order valence-corrected chi connectivity index (χ2v) is 6.29. The number of benzene rings is 1. The van der Waals surface area contributed by atoms with Crippen molar-refractivity contribution in [3.63, 3.8) is 0 Å². The predicted octanol–water partition coefficient (Wildman–Crippen LogP) is 0.454. The standard InChI is InChI=1S/C17H22N4O3/c1-19-13-4-2-3-5-14(13)21(17(19)24)11-8-15(22)20-9-6-12(7-10-20)16(18)23/h2-5,12H,6-11H2,1H3,(H2,18,23). The molecule has 0 unspecified atom stereocenters. The minimum atomic E-state index is -0.288. The Hall–Kier alpha value is -2.57. The number of para-hydroxylation sites is 2. The van der Waals surface area contributed by atoms with Crippen LogP contribution in [-0.2, 0) is 23.2 Å². The molecule has 0 spiro atoms. The minimum absolute atomic E-state index is 0.0118. The molecule has 1 aromatic carbocycles. The number of amides is 2. The maximum absolute atomic E-state index is 12.4. The number of aromatic nitrogens is 2. The van der Waals surface area contributed by atoms with Crippen LogP contribution in [0.1, 0.15) is 19.3 Å². The number of likely N-dealkylation sites (tertiary alicyclic amines) is 1.